The lowest BCUT2D eigenvalue weighted by Crippen LogP contribution is -2.40. The highest BCUT2D eigenvalue weighted by Gasteiger charge is 2.31. The van der Waals surface area contributed by atoms with Crippen molar-refractivity contribution in [1.29, 1.82) is 0 Å². The minimum atomic E-state index is -3.31. The smallest absolute Gasteiger partial charge is 0.232 e. The van der Waals surface area contributed by atoms with Crippen molar-refractivity contribution in [3.8, 4) is 0 Å². The Morgan fingerprint density at radius 1 is 1.13 bits per heavy atom. The first-order valence-corrected chi connectivity index (χ1v) is 12.9. The summed E-state index contributed by atoms with van der Waals surface area (Å²) in [6.07, 6.45) is 9.17. The highest BCUT2D eigenvalue weighted by atomic mass is 32.2. The number of sulfonamides is 1. The molecule has 0 radical (unpaired) electrons. The van der Waals surface area contributed by atoms with E-state index in [9.17, 15) is 13.2 Å². The second-order valence-electron chi connectivity index (χ2n) is 8.93. The summed E-state index contributed by atoms with van der Waals surface area (Å²) in [5, 5.41) is 1.11. The van der Waals surface area contributed by atoms with E-state index in [0.717, 1.165) is 49.7 Å². The summed E-state index contributed by atoms with van der Waals surface area (Å²) in [7, 11) is -1.28. The highest BCUT2D eigenvalue weighted by Crippen LogP contribution is 2.36. The third-order valence-corrected chi connectivity index (χ3v) is 8.21. The quantitative estimate of drug-likeness (QED) is 0.744. The maximum Gasteiger partial charge on any atom is 0.232 e. The molecule has 1 saturated carbocycles. The van der Waals surface area contributed by atoms with E-state index in [1.807, 2.05) is 32.2 Å². The van der Waals surface area contributed by atoms with Gasteiger partial charge in [-0.1, -0.05) is 19.8 Å². The van der Waals surface area contributed by atoms with Gasteiger partial charge in [0.15, 0.2) is 0 Å². The molecule has 2 aliphatic rings. The Kier molecular flexibility index (Phi) is 6.09. The van der Waals surface area contributed by atoms with Gasteiger partial charge in [0, 0.05) is 48.8 Å². The van der Waals surface area contributed by atoms with E-state index >= 15 is 0 Å². The third kappa shape index (κ3) is 4.36. The van der Waals surface area contributed by atoms with Crippen molar-refractivity contribution >= 4 is 32.5 Å². The molecule has 164 valence electrons. The zero-order chi connectivity index (χ0) is 21.3. The molecule has 2 fully saturated rings. The van der Waals surface area contributed by atoms with Crippen molar-refractivity contribution in [3.05, 3.63) is 30.0 Å². The molecule has 0 spiro atoms. The van der Waals surface area contributed by atoms with Crippen LogP contribution in [0.25, 0.3) is 10.9 Å². The van der Waals surface area contributed by atoms with E-state index in [1.165, 1.54) is 18.4 Å². The summed E-state index contributed by atoms with van der Waals surface area (Å²) in [6, 6.07) is 5.79. The first-order chi connectivity index (χ1) is 14.4. The maximum atomic E-state index is 12.7. The number of anilines is 1. The van der Waals surface area contributed by atoms with Crippen molar-refractivity contribution in [3.63, 3.8) is 0 Å². The molecule has 2 heterocycles. The predicted octanol–water partition coefficient (Wildman–Crippen LogP) is 4.23. The maximum absolute atomic E-state index is 12.7. The summed E-state index contributed by atoms with van der Waals surface area (Å²) in [5.41, 5.74) is 2.99. The van der Waals surface area contributed by atoms with Crippen molar-refractivity contribution in [1.82, 2.24) is 9.47 Å². The molecular formula is C23H33N3O3S. The molecule has 1 saturated heterocycles. The molecule has 2 aromatic rings. The Morgan fingerprint density at radius 3 is 2.50 bits per heavy atom. The summed E-state index contributed by atoms with van der Waals surface area (Å²) in [6.45, 7) is 3.50. The molecule has 6 nitrogen and oxygen atoms in total. The molecule has 30 heavy (non-hydrogen) atoms. The number of aromatic nitrogens is 1. The highest BCUT2D eigenvalue weighted by molar-refractivity contribution is 7.92. The minimum absolute atomic E-state index is 0.125. The lowest BCUT2D eigenvalue weighted by molar-refractivity contribution is -0.136. The fraction of sp³-hybridized carbons (Fsp3) is 0.609. The van der Waals surface area contributed by atoms with Gasteiger partial charge in [-0.3, -0.25) is 9.52 Å². The summed E-state index contributed by atoms with van der Waals surface area (Å²) in [4.78, 5) is 14.8. The minimum Gasteiger partial charge on any atom is -0.350 e. The molecule has 0 unspecified atom stereocenters. The van der Waals surface area contributed by atoms with Gasteiger partial charge in [-0.15, -0.1) is 0 Å². The summed E-state index contributed by atoms with van der Waals surface area (Å²) >= 11 is 0. The number of piperidine rings is 1. The molecule has 1 aromatic heterocycles. The second-order valence-corrected chi connectivity index (χ2v) is 10.8. The molecule has 7 heteroatoms. The number of fused-ring (bicyclic) bond motifs is 1. The topological polar surface area (TPSA) is 71.4 Å². The monoisotopic (exact) mass is 431 g/mol. The van der Waals surface area contributed by atoms with Gasteiger partial charge in [0.2, 0.25) is 15.9 Å². The van der Waals surface area contributed by atoms with Crippen molar-refractivity contribution < 1.29 is 13.2 Å². The van der Waals surface area contributed by atoms with Crippen molar-refractivity contribution in [2.75, 3.05) is 23.6 Å². The molecule has 0 atom stereocenters. The number of hydrogen-bond donors (Lipinski definition) is 1. The van der Waals surface area contributed by atoms with Gasteiger partial charge in [-0.05, 0) is 61.8 Å². The first kappa shape index (κ1) is 21.2. The number of aryl methyl sites for hydroxylation is 1. The zero-order valence-electron chi connectivity index (χ0n) is 18.1. The van der Waals surface area contributed by atoms with E-state index in [-0.39, 0.29) is 11.7 Å². The van der Waals surface area contributed by atoms with Gasteiger partial charge in [0.1, 0.15) is 0 Å². The average molecular weight is 432 g/mol. The van der Waals surface area contributed by atoms with Crippen LogP contribution in [0.5, 0.6) is 0 Å². The number of amides is 1. The molecule has 1 N–H and O–H groups in total. The largest absolute Gasteiger partial charge is 0.350 e. The number of nitrogens with one attached hydrogen (secondary N) is 1. The van der Waals surface area contributed by atoms with Crippen LogP contribution < -0.4 is 4.72 Å². The lowest BCUT2D eigenvalue weighted by Gasteiger charge is -2.33. The predicted molar refractivity (Wildman–Crippen MR) is 121 cm³/mol. The fourth-order valence-electron chi connectivity index (χ4n) is 5.15. The number of carbonyl (C=O) groups excluding carboxylic acids is 1. The Morgan fingerprint density at radius 2 is 1.83 bits per heavy atom. The van der Waals surface area contributed by atoms with Gasteiger partial charge in [0.25, 0.3) is 0 Å². The lowest BCUT2D eigenvalue weighted by atomic mass is 9.88. The van der Waals surface area contributed by atoms with Gasteiger partial charge in [-0.2, -0.15) is 0 Å². The number of hydrogen-bond acceptors (Lipinski definition) is 3. The third-order valence-electron chi connectivity index (χ3n) is 6.72. The second kappa shape index (κ2) is 8.61. The van der Waals surface area contributed by atoms with E-state index < -0.39 is 10.0 Å². The number of nitrogens with zero attached hydrogens (tertiary/aromatic N) is 2. The van der Waals surface area contributed by atoms with E-state index in [0.29, 0.717) is 23.9 Å². The van der Waals surface area contributed by atoms with E-state index in [1.54, 1.807) is 0 Å². The standard InChI is InChI=1S/C23H33N3O3S/c1-3-14-30(28,29)24-19-8-9-22-20(15-19)21(16-25(22)2)17-10-12-26(13-11-17)23(27)18-6-4-5-7-18/h8-9,15-18,24H,3-7,10-14H2,1-2H3. The fourth-order valence-corrected chi connectivity index (χ4v) is 6.28. The van der Waals surface area contributed by atoms with Gasteiger partial charge < -0.3 is 9.47 Å². The molecule has 0 bridgehead atoms. The molecule has 1 aliphatic carbocycles. The molecule has 1 aliphatic heterocycles. The van der Waals surface area contributed by atoms with Crippen LogP contribution in [0.4, 0.5) is 5.69 Å². The normalized spacial score (nSPS) is 18.9. The molecule has 4 rings (SSSR count). The molecule has 1 amide bonds. The summed E-state index contributed by atoms with van der Waals surface area (Å²) in [5.74, 6) is 1.12. The van der Waals surface area contributed by atoms with E-state index in [2.05, 4.69) is 20.4 Å². The van der Waals surface area contributed by atoms with Gasteiger partial charge in [-0.25, -0.2) is 8.42 Å². The Labute approximate surface area is 179 Å². The number of likely N-dealkylation sites (tertiary alicyclic amines) is 1. The Bertz CT molecular complexity index is 1010. The Hall–Kier alpha value is -2.02. The van der Waals surface area contributed by atoms with Gasteiger partial charge in [0.05, 0.1) is 5.75 Å². The zero-order valence-corrected chi connectivity index (χ0v) is 18.9. The van der Waals surface area contributed by atoms with Crippen molar-refractivity contribution in [2.24, 2.45) is 13.0 Å². The average Bonchev–Trinajstić information content (AvgIpc) is 3.36. The summed E-state index contributed by atoms with van der Waals surface area (Å²) < 4.78 is 29.2. The SMILES string of the molecule is CCCS(=O)(=O)Nc1ccc2c(c1)c(C1CCN(C(=O)C3CCCC3)CC1)cn2C. The number of rotatable bonds is 6. The number of carbonyl (C=O) groups is 1. The molecular weight excluding hydrogens is 398 g/mol. The van der Waals surface area contributed by atoms with Crippen molar-refractivity contribution in [2.45, 2.75) is 57.8 Å². The van der Waals surface area contributed by atoms with Gasteiger partial charge >= 0.3 is 0 Å². The van der Waals surface area contributed by atoms with Crippen LogP contribution >= 0.6 is 0 Å². The van der Waals surface area contributed by atoms with Crippen LogP contribution in [0.2, 0.25) is 0 Å². The first-order valence-electron chi connectivity index (χ1n) is 11.3. The van der Waals surface area contributed by atoms with Crippen LogP contribution in [0.1, 0.15) is 63.4 Å². The Balaban J connectivity index is 1.51. The van der Waals surface area contributed by atoms with Crippen LogP contribution in [0, 0.1) is 5.92 Å². The van der Waals surface area contributed by atoms with E-state index in [4.69, 9.17) is 0 Å². The molecule has 1 aromatic carbocycles. The van der Waals surface area contributed by atoms with Crippen LogP contribution in [-0.2, 0) is 21.9 Å². The number of benzene rings is 1. The van der Waals surface area contributed by atoms with Crippen LogP contribution in [0.15, 0.2) is 24.4 Å². The van der Waals surface area contributed by atoms with Crippen LogP contribution in [0.3, 0.4) is 0 Å². The van der Waals surface area contributed by atoms with Crippen LogP contribution in [-0.4, -0.2) is 42.6 Å².